The lowest BCUT2D eigenvalue weighted by Gasteiger charge is -2.20. The van der Waals surface area contributed by atoms with Gasteiger partial charge >= 0.3 is 0 Å². The van der Waals surface area contributed by atoms with Gasteiger partial charge in [-0.1, -0.05) is 25.1 Å². The van der Waals surface area contributed by atoms with Gasteiger partial charge in [0, 0.05) is 24.1 Å². The molecule has 0 aromatic heterocycles. The van der Waals surface area contributed by atoms with Gasteiger partial charge in [-0.3, -0.25) is 4.79 Å². The molecule has 1 atom stereocenters. The largest absolute Gasteiger partial charge is 0.497 e. The molecule has 2 aromatic carbocycles. The molecule has 1 aliphatic carbocycles. The van der Waals surface area contributed by atoms with Crippen LogP contribution in [0.3, 0.4) is 0 Å². The molecule has 1 amide bonds. The highest BCUT2D eigenvalue weighted by Gasteiger charge is 2.34. The zero-order chi connectivity index (χ0) is 18.5. The van der Waals surface area contributed by atoms with Crippen LogP contribution in [0.4, 0.5) is 5.69 Å². The summed E-state index contributed by atoms with van der Waals surface area (Å²) in [5, 5.41) is 3.17. The van der Waals surface area contributed by atoms with Gasteiger partial charge in [-0.25, -0.2) is 0 Å². The number of carbonyl (C=O) groups excluding carboxylic acids is 1. The predicted octanol–water partition coefficient (Wildman–Crippen LogP) is 2.75. The van der Waals surface area contributed by atoms with Crippen molar-refractivity contribution in [2.75, 3.05) is 19.0 Å². The van der Waals surface area contributed by atoms with Gasteiger partial charge in [-0.15, -0.1) is 0 Å². The average molecular weight is 353 g/mol. The van der Waals surface area contributed by atoms with E-state index in [1.807, 2.05) is 12.1 Å². The first kappa shape index (κ1) is 18.5. The normalized spacial score (nSPS) is 14.7. The van der Waals surface area contributed by atoms with Gasteiger partial charge in [-0.05, 0) is 48.7 Å². The number of nitrogens with one attached hydrogen (secondary N) is 2. The van der Waals surface area contributed by atoms with E-state index in [2.05, 4.69) is 49.5 Å². The zero-order valence-corrected chi connectivity index (χ0v) is 16.0. The van der Waals surface area contributed by atoms with E-state index in [0.29, 0.717) is 12.6 Å². The van der Waals surface area contributed by atoms with E-state index in [9.17, 15) is 4.79 Å². The van der Waals surface area contributed by atoms with Crippen molar-refractivity contribution < 1.29 is 14.4 Å². The van der Waals surface area contributed by atoms with Gasteiger partial charge in [-0.2, -0.15) is 0 Å². The lowest BCUT2D eigenvalue weighted by molar-refractivity contribution is -0.916. The Morgan fingerprint density at radius 1 is 1.19 bits per heavy atom. The summed E-state index contributed by atoms with van der Waals surface area (Å²) in [6, 6.07) is 15.0. The summed E-state index contributed by atoms with van der Waals surface area (Å²) >= 11 is 0. The van der Waals surface area contributed by atoms with Crippen LogP contribution >= 0.6 is 0 Å². The molecule has 1 saturated carbocycles. The Morgan fingerprint density at radius 2 is 1.92 bits per heavy atom. The maximum Gasteiger partial charge on any atom is 0.279 e. The van der Waals surface area contributed by atoms with Gasteiger partial charge in [0.1, 0.15) is 12.3 Å². The monoisotopic (exact) mass is 353 g/mol. The molecule has 4 nitrogen and oxygen atoms in total. The molecule has 0 aliphatic heterocycles. The SMILES string of the molecule is CCc1cccc(C)c1NC(=O)C[NH+](Cc1ccc(OC)cc1)C1CC1. The first-order valence-corrected chi connectivity index (χ1v) is 9.46. The molecule has 138 valence electrons. The summed E-state index contributed by atoms with van der Waals surface area (Å²) in [5.41, 5.74) is 4.55. The van der Waals surface area contributed by atoms with E-state index < -0.39 is 0 Å². The Morgan fingerprint density at radius 3 is 2.54 bits per heavy atom. The summed E-state index contributed by atoms with van der Waals surface area (Å²) in [6.45, 7) is 5.55. The zero-order valence-electron chi connectivity index (χ0n) is 16.0. The molecule has 2 aromatic rings. The molecular weight excluding hydrogens is 324 g/mol. The number of carbonyl (C=O) groups is 1. The van der Waals surface area contributed by atoms with Gasteiger partial charge in [0.25, 0.3) is 5.91 Å². The summed E-state index contributed by atoms with van der Waals surface area (Å²) in [5.74, 6) is 0.968. The summed E-state index contributed by atoms with van der Waals surface area (Å²) in [7, 11) is 1.68. The molecule has 3 rings (SSSR count). The minimum Gasteiger partial charge on any atom is -0.497 e. The molecule has 4 heteroatoms. The number of quaternary nitrogens is 1. The maximum atomic E-state index is 12.7. The third-order valence-electron chi connectivity index (χ3n) is 5.14. The van der Waals surface area contributed by atoms with Crippen LogP contribution in [0.1, 0.15) is 36.5 Å². The number of hydrogen-bond donors (Lipinski definition) is 2. The van der Waals surface area contributed by atoms with Crippen LogP contribution in [0, 0.1) is 6.92 Å². The molecule has 26 heavy (non-hydrogen) atoms. The van der Waals surface area contributed by atoms with Crippen molar-refractivity contribution >= 4 is 11.6 Å². The Bertz CT molecular complexity index is 751. The smallest absolute Gasteiger partial charge is 0.279 e. The molecule has 0 radical (unpaired) electrons. The summed E-state index contributed by atoms with van der Waals surface area (Å²) in [6.07, 6.45) is 3.34. The molecule has 0 saturated heterocycles. The van der Waals surface area contributed by atoms with Crippen molar-refractivity contribution in [3.05, 3.63) is 59.2 Å². The van der Waals surface area contributed by atoms with Gasteiger partial charge in [0.05, 0.1) is 13.2 Å². The number of hydrogen-bond acceptors (Lipinski definition) is 2. The number of rotatable bonds is 8. The van der Waals surface area contributed by atoms with Crippen molar-refractivity contribution in [2.45, 2.75) is 45.7 Å². The molecular formula is C22H29N2O2+. The van der Waals surface area contributed by atoms with Crippen molar-refractivity contribution in [3.8, 4) is 5.75 Å². The number of ether oxygens (including phenoxy) is 1. The Labute approximate surface area is 156 Å². The minimum atomic E-state index is 0.101. The van der Waals surface area contributed by atoms with E-state index in [1.54, 1.807) is 7.11 Å². The molecule has 1 unspecified atom stereocenters. The van der Waals surface area contributed by atoms with Crippen LogP contribution in [-0.2, 0) is 17.8 Å². The summed E-state index contributed by atoms with van der Waals surface area (Å²) < 4.78 is 5.23. The highest BCUT2D eigenvalue weighted by atomic mass is 16.5. The number of anilines is 1. The highest BCUT2D eigenvalue weighted by molar-refractivity contribution is 5.93. The van der Waals surface area contributed by atoms with E-state index in [4.69, 9.17) is 4.74 Å². The fourth-order valence-electron chi connectivity index (χ4n) is 3.44. The average Bonchev–Trinajstić information content (AvgIpc) is 3.48. The second-order valence-electron chi connectivity index (χ2n) is 7.14. The molecule has 1 fully saturated rings. The lowest BCUT2D eigenvalue weighted by Crippen LogP contribution is -3.13. The van der Waals surface area contributed by atoms with Crippen molar-refractivity contribution in [1.29, 1.82) is 0 Å². The third-order valence-corrected chi connectivity index (χ3v) is 5.14. The molecule has 0 bridgehead atoms. The van der Waals surface area contributed by atoms with Crippen LogP contribution in [0.2, 0.25) is 0 Å². The Kier molecular flexibility index (Phi) is 5.94. The quantitative estimate of drug-likeness (QED) is 0.766. The topological polar surface area (TPSA) is 42.8 Å². The van der Waals surface area contributed by atoms with E-state index in [0.717, 1.165) is 30.0 Å². The third kappa shape index (κ3) is 4.64. The first-order valence-electron chi connectivity index (χ1n) is 9.46. The van der Waals surface area contributed by atoms with Crippen molar-refractivity contribution in [2.24, 2.45) is 0 Å². The number of para-hydroxylation sites is 1. The number of aryl methyl sites for hydroxylation is 2. The second-order valence-corrected chi connectivity index (χ2v) is 7.14. The Balaban J connectivity index is 1.65. The highest BCUT2D eigenvalue weighted by Crippen LogP contribution is 2.21. The van der Waals surface area contributed by atoms with Crippen LogP contribution in [0.15, 0.2) is 42.5 Å². The van der Waals surface area contributed by atoms with Crippen molar-refractivity contribution in [1.82, 2.24) is 0 Å². The number of benzene rings is 2. The standard InChI is InChI=1S/C22H28N2O2/c1-4-18-7-5-6-16(2)22(18)23-21(25)15-24(19-10-11-19)14-17-8-12-20(26-3)13-9-17/h5-9,12-13,19H,4,10-11,14-15H2,1-3H3,(H,23,25)/p+1. The summed E-state index contributed by atoms with van der Waals surface area (Å²) in [4.78, 5) is 14.1. The molecule has 0 spiro atoms. The van der Waals surface area contributed by atoms with Gasteiger partial charge in [0.15, 0.2) is 6.54 Å². The number of methoxy groups -OCH3 is 1. The Hall–Kier alpha value is -2.33. The van der Waals surface area contributed by atoms with Crippen LogP contribution in [0.25, 0.3) is 0 Å². The van der Waals surface area contributed by atoms with Gasteiger partial charge in [0.2, 0.25) is 0 Å². The predicted molar refractivity (Wildman–Crippen MR) is 105 cm³/mol. The first-order chi connectivity index (χ1) is 12.6. The fourth-order valence-corrected chi connectivity index (χ4v) is 3.44. The minimum absolute atomic E-state index is 0.101. The van der Waals surface area contributed by atoms with Crippen LogP contribution < -0.4 is 15.0 Å². The van der Waals surface area contributed by atoms with E-state index >= 15 is 0 Å². The molecule has 2 N–H and O–H groups in total. The molecule has 0 heterocycles. The molecule has 1 aliphatic rings. The van der Waals surface area contributed by atoms with E-state index in [-0.39, 0.29) is 5.91 Å². The lowest BCUT2D eigenvalue weighted by atomic mass is 10.1. The van der Waals surface area contributed by atoms with E-state index in [1.165, 1.54) is 28.9 Å². The van der Waals surface area contributed by atoms with Crippen LogP contribution in [0.5, 0.6) is 5.75 Å². The maximum absolute atomic E-state index is 12.7. The van der Waals surface area contributed by atoms with Crippen LogP contribution in [-0.4, -0.2) is 25.6 Å². The number of amides is 1. The van der Waals surface area contributed by atoms with Crippen molar-refractivity contribution in [3.63, 3.8) is 0 Å². The fraction of sp³-hybridized carbons (Fsp3) is 0.409. The van der Waals surface area contributed by atoms with Gasteiger partial charge < -0.3 is 15.0 Å². The second kappa shape index (κ2) is 8.37.